The molecule has 2 atom stereocenters. The third-order valence-electron chi connectivity index (χ3n) is 4.35. The summed E-state index contributed by atoms with van der Waals surface area (Å²) in [5.74, 6) is 0.944. The molecule has 1 N–H and O–H groups in total. The van der Waals surface area contributed by atoms with Crippen LogP contribution in [0.3, 0.4) is 0 Å². The van der Waals surface area contributed by atoms with Crippen molar-refractivity contribution in [3.8, 4) is 5.75 Å². The van der Waals surface area contributed by atoms with Gasteiger partial charge < -0.3 is 19.7 Å². The molecule has 0 saturated carbocycles. The number of nitrogens with zero attached hydrogens (tertiary/aromatic N) is 1. The van der Waals surface area contributed by atoms with Crippen molar-refractivity contribution in [2.45, 2.75) is 31.8 Å². The Hall–Kier alpha value is -1.10. The Labute approximate surface area is 128 Å². The first-order chi connectivity index (χ1) is 10.2. The van der Waals surface area contributed by atoms with Crippen LogP contribution in [0.4, 0.5) is 0 Å². The molecule has 0 radical (unpaired) electrons. The number of likely N-dealkylation sites (N-methyl/N-ethyl adjacent to an activating group) is 2. The van der Waals surface area contributed by atoms with Gasteiger partial charge in [0.1, 0.15) is 5.75 Å². The number of fused-ring (bicyclic) bond motifs is 1. The summed E-state index contributed by atoms with van der Waals surface area (Å²) in [5.41, 5.74) is 2.82. The molecule has 4 heteroatoms. The van der Waals surface area contributed by atoms with Crippen molar-refractivity contribution in [1.29, 1.82) is 0 Å². The Bertz CT molecular complexity index is 450. The van der Waals surface area contributed by atoms with Crippen molar-refractivity contribution < 1.29 is 9.47 Å². The van der Waals surface area contributed by atoms with Crippen LogP contribution < -0.4 is 10.1 Å². The van der Waals surface area contributed by atoms with Gasteiger partial charge in [0.05, 0.1) is 7.11 Å². The Morgan fingerprint density at radius 1 is 1.33 bits per heavy atom. The zero-order valence-corrected chi connectivity index (χ0v) is 13.7. The molecule has 1 aromatic carbocycles. The van der Waals surface area contributed by atoms with Gasteiger partial charge in [0.2, 0.25) is 0 Å². The van der Waals surface area contributed by atoms with Crippen molar-refractivity contribution in [3.63, 3.8) is 0 Å². The summed E-state index contributed by atoms with van der Waals surface area (Å²) in [6.45, 7) is 5.03. The van der Waals surface area contributed by atoms with Crippen molar-refractivity contribution in [3.05, 3.63) is 29.3 Å². The molecule has 2 unspecified atom stereocenters. The van der Waals surface area contributed by atoms with Crippen LogP contribution in [-0.4, -0.2) is 51.9 Å². The average molecular weight is 292 g/mol. The summed E-state index contributed by atoms with van der Waals surface area (Å²) in [5, 5.41) is 3.64. The second kappa shape index (κ2) is 7.78. The Morgan fingerprint density at radius 3 is 2.81 bits per heavy atom. The Morgan fingerprint density at radius 2 is 2.14 bits per heavy atom. The first-order valence-corrected chi connectivity index (χ1v) is 7.80. The van der Waals surface area contributed by atoms with E-state index >= 15 is 0 Å². The lowest BCUT2D eigenvalue weighted by Crippen LogP contribution is -2.41. The molecule has 0 bridgehead atoms. The van der Waals surface area contributed by atoms with Gasteiger partial charge in [0.15, 0.2) is 0 Å². The number of methoxy groups -OCH3 is 2. The van der Waals surface area contributed by atoms with Gasteiger partial charge in [-0.3, -0.25) is 0 Å². The van der Waals surface area contributed by atoms with E-state index in [1.807, 2.05) is 0 Å². The van der Waals surface area contributed by atoms with Crippen LogP contribution in [0.25, 0.3) is 0 Å². The van der Waals surface area contributed by atoms with Crippen LogP contribution in [0.2, 0.25) is 0 Å². The van der Waals surface area contributed by atoms with Gasteiger partial charge >= 0.3 is 0 Å². The molecule has 2 rings (SSSR count). The van der Waals surface area contributed by atoms with Gasteiger partial charge in [-0.25, -0.2) is 0 Å². The van der Waals surface area contributed by atoms with E-state index in [1.165, 1.54) is 11.1 Å². The first-order valence-electron chi connectivity index (χ1n) is 7.80. The second-order valence-corrected chi connectivity index (χ2v) is 5.70. The Balaban J connectivity index is 2.12. The minimum atomic E-state index is 0.382. The molecular formula is C17H28N2O2. The van der Waals surface area contributed by atoms with E-state index in [1.54, 1.807) is 14.2 Å². The molecule has 118 valence electrons. The number of hydrogen-bond donors (Lipinski definition) is 1. The summed E-state index contributed by atoms with van der Waals surface area (Å²) < 4.78 is 10.5. The maximum atomic E-state index is 5.38. The van der Waals surface area contributed by atoms with Crippen LogP contribution >= 0.6 is 0 Å². The summed E-state index contributed by atoms with van der Waals surface area (Å²) in [6, 6.07) is 7.35. The maximum absolute atomic E-state index is 5.38. The molecular weight excluding hydrogens is 264 g/mol. The van der Waals surface area contributed by atoms with Crippen molar-refractivity contribution in [1.82, 2.24) is 10.2 Å². The standard InChI is InChI=1S/C17H28N2O2/c1-5-18-17-15-12-14(21-4)8-7-13(15)11-16(17)19(2)9-6-10-20-3/h7-8,12,16-18H,5-6,9-11H2,1-4H3. The van der Waals surface area contributed by atoms with Crippen molar-refractivity contribution >= 4 is 0 Å². The topological polar surface area (TPSA) is 33.7 Å². The van der Waals surface area contributed by atoms with Gasteiger partial charge in [-0.15, -0.1) is 0 Å². The van der Waals surface area contributed by atoms with Crippen LogP contribution in [0, 0.1) is 0 Å². The van der Waals surface area contributed by atoms with Gasteiger partial charge in [-0.1, -0.05) is 13.0 Å². The van der Waals surface area contributed by atoms with Gasteiger partial charge in [0.25, 0.3) is 0 Å². The lowest BCUT2D eigenvalue weighted by molar-refractivity contribution is 0.155. The molecule has 1 aliphatic rings. The van der Waals surface area contributed by atoms with Crippen molar-refractivity contribution in [2.75, 3.05) is 41.0 Å². The van der Waals surface area contributed by atoms with Crippen LogP contribution in [0.1, 0.15) is 30.5 Å². The fourth-order valence-corrected chi connectivity index (χ4v) is 3.23. The number of ether oxygens (including phenoxy) is 2. The van der Waals surface area contributed by atoms with Crippen molar-refractivity contribution in [2.24, 2.45) is 0 Å². The fraction of sp³-hybridized carbons (Fsp3) is 0.647. The normalized spacial score (nSPS) is 20.8. The third-order valence-corrected chi connectivity index (χ3v) is 4.35. The minimum Gasteiger partial charge on any atom is -0.497 e. The zero-order chi connectivity index (χ0) is 15.2. The lowest BCUT2D eigenvalue weighted by atomic mass is 10.1. The molecule has 0 fully saturated rings. The first kappa shape index (κ1) is 16.3. The summed E-state index contributed by atoms with van der Waals surface area (Å²) in [7, 11) is 5.71. The highest BCUT2D eigenvalue weighted by Gasteiger charge is 2.34. The quantitative estimate of drug-likeness (QED) is 0.745. The van der Waals surface area contributed by atoms with Crippen LogP contribution in [-0.2, 0) is 11.2 Å². The predicted octanol–water partition coefficient (Wildman–Crippen LogP) is 2.24. The van der Waals surface area contributed by atoms with Crippen LogP contribution in [0.15, 0.2) is 18.2 Å². The second-order valence-electron chi connectivity index (χ2n) is 5.70. The predicted molar refractivity (Wildman–Crippen MR) is 86.0 cm³/mol. The molecule has 0 aromatic heterocycles. The molecule has 1 aliphatic carbocycles. The van der Waals surface area contributed by atoms with E-state index < -0.39 is 0 Å². The maximum Gasteiger partial charge on any atom is 0.119 e. The monoisotopic (exact) mass is 292 g/mol. The third kappa shape index (κ3) is 3.76. The lowest BCUT2D eigenvalue weighted by Gasteiger charge is -2.30. The summed E-state index contributed by atoms with van der Waals surface area (Å²) in [4.78, 5) is 2.46. The molecule has 1 aromatic rings. The highest BCUT2D eigenvalue weighted by atomic mass is 16.5. The molecule has 21 heavy (non-hydrogen) atoms. The SMILES string of the molecule is CCNC1c2cc(OC)ccc2CC1N(C)CCCOC. The summed E-state index contributed by atoms with van der Waals surface area (Å²) in [6.07, 6.45) is 2.17. The van der Waals surface area contributed by atoms with Gasteiger partial charge in [-0.05, 0) is 49.7 Å². The van der Waals surface area contributed by atoms with Gasteiger partial charge in [0, 0.05) is 32.3 Å². The number of rotatable bonds is 8. The molecule has 0 amide bonds. The Kier molecular flexibility index (Phi) is 6.03. The molecule has 0 aliphatic heterocycles. The molecule has 0 heterocycles. The number of benzene rings is 1. The fourth-order valence-electron chi connectivity index (χ4n) is 3.23. The smallest absolute Gasteiger partial charge is 0.119 e. The van der Waals surface area contributed by atoms with E-state index in [-0.39, 0.29) is 0 Å². The van der Waals surface area contributed by atoms with Crippen LogP contribution in [0.5, 0.6) is 5.75 Å². The largest absolute Gasteiger partial charge is 0.497 e. The number of nitrogens with one attached hydrogen (secondary N) is 1. The highest BCUT2D eigenvalue weighted by molar-refractivity contribution is 5.42. The molecule has 0 saturated heterocycles. The van der Waals surface area contributed by atoms with Gasteiger partial charge in [-0.2, -0.15) is 0 Å². The average Bonchev–Trinajstić information content (AvgIpc) is 2.86. The minimum absolute atomic E-state index is 0.382. The van der Waals surface area contributed by atoms with E-state index in [2.05, 4.69) is 42.4 Å². The zero-order valence-electron chi connectivity index (χ0n) is 13.7. The molecule has 0 spiro atoms. The number of hydrogen-bond acceptors (Lipinski definition) is 4. The van der Waals surface area contributed by atoms with E-state index in [9.17, 15) is 0 Å². The summed E-state index contributed by atoms with van der Waals surface area (Å²) >= 11 is 0. The van der Waals surface area contributed by atoms with E-state index in [0.717, 1.165) is 38.3 Å². The highest BCUT2D eigenvalue weighted by Crippen LogP contribution is 2.36. The van der Waals surface area contributed by atoms with E-state index in [4.69, 9.17) is 9.47 Å². The molecule has 4 nitrogen and oxygen atoms in total. The van der Waals surface area contributed by atoms with E-state index in [0.29, 0.717) is 12.1 Å².